The molecule has 0 saturated carbocycles. The molecule has 5 aliphatic rings. The van der Waals surface area contributed by atoms with Crippen molar-refractivity contribution in [3.63, 3.8) is 0 Å². The number of carbonyl (C=O) groups excluding carboxylic acids is 2. The monoisotopic (exact) mass is 1320 g/mol. The first kappa shape index (κ1) is 80.9. The molecule has 0 amide bonds. The number of aliphatic hydroxyl groups is 8. The van der Waals surface area contributed by atoms with E-state index in [-0.39, 0.29) is 117 Å². The minimum Gasteiger partial charge on any atom is -0.458 e. The molecule has 8 N–H and O–H groups in total. The number of methoxy groups -OCH3 is 4. The van der Waals surface area contributed by atoms with Gasteiger partial charge in [0, 0.05) is 94.9 Å². The van der Waals surface area contributed by atoms with Crippen LogP contribution in [0, 0.1) is 41.4 Å². The van der Waals surface area contributed by atoms with Crippen molar-refractivity contribution in [3.05, 3.63) is 47.6 Å². The van der Waals surface area contributed by atoms with Crippen LogP contribution in [0.2, 0.25) is 0 Å². The van der Waals surface area contributed by atoms with Gasteiger partial charge in [-0.1, -0.05) is 84.9 Å². The van der Waals surface area contributed by atoms with Gasteiger partial charge in [-0.05, 0) is 136 Å². The smallest absolute Gasteiger partial charge is 0.333 e. The number of hydrogen-bond acceptors (Lipinski definition) is 20. The molecule has 2 fully saturated rings. The van der Waals surface area contributed by atoms with Crippen molar-refractivity contribution in [2.45, 2.75) is 332 Å². The molecule has 29 unspecified atom stereocenters. The van der Waals surface area contributed by atoms with Crippen molar-refractivity contribution >= 4 is 11.9 Å². The van der Waals surface area contributed by atoms with Crippen LogP contribution in [0.5, 0.6) is 0 Å². The van der Waals surface area contributed by atoms with E-state index in [1.165, 1.54) is 0 Å². The lowest BCUT2D eigenvalue weighted by Crippen LogP contribution is -2.46. The third-order valence-electron chi connectivity index (χ3n) is 21.3. The molecule has 0 radical (unpaired) electrons. The Morgan fingerprint density at radius 3 is 1.28 bits per heavy atom. The standard InChI is InChI=1S/C73H126O20/c1-41(24-28-59-37-61(84-12)30-45(5)88-59)68(80)50(10)70-48(8)64(77)35-54(76)34-63(86-14)36-57-20-16-18-55(90-57)32-52(74)26-22-44(4)73(83)93-71(51(11)69(81)42(2)25-29-60-38-62(85-13)31-46(6)89-60)49(9)66(79)40-65(78)47(7)67(87-15)39-58-21-17-19-56(91-58)33-53(75)27-23-43(3)72(82)92-70/h16-19,22-23,41-42,45-71,74-81H,20-21,24-40H2,1-15H3/b43-23+,44-22+. The van der Waals surface area contributed by atoms with Crippen LogP contribution in [0.3, 0.4) is 0 Å². The fraction of sp³-hybridized carbons (Fsp3) is 0.863. The van der Waals surface area contributed by atoms with Gasteiger partial charge in [-0.15, -0.1) is 0 Å². The molecular weight excluding hydrogens is 1200 g/mol. The zero-order valence-corrected chi connectivity index (χ0v) is 59.1. The van der Waals surface area contributed by atoms with Crippen molar-refractivity contribution in [1.82, 2.24) is 0 Å². The number of ether oxygens (including phenoxy) is 10. The predicted octanol–water partition coefficient (Wildman–Crippen LogP) is 8.75. The minimum atomic E-state index is -1.18. The fourth-order valence-electron chi connectivity index (χ4n) is 14.8. The maximum atomic E-state index is 14.2. The van der Waals surface area contributed by atoms with Crippen LogP contribution in [0.15, 0.2) is 47.6 Å². The molecule has 5 heterocycles. The van der Waals surface area contributed by atoms with Crippen molar-refractivity contribution in [1.29, 1.82) is 0 Å². The van der Waals surface area contributed by atoms with Gasteiger partial charge in [0.15, 0.2) is 0 Å². The van der Waals surface area contributed by atoms with E-state index in [2.05, 4.69) is 0 Å². The average molecular weight is 1320 g/mol. The topological polar surface area (TPSA) is 288 Å². The molecule has 4 bridgehead atoms. The summed E-state index contributed by atoms with van der Waals surface area (Å²) in [4.78, 5) is 28.3. The van der Waals surface area contributed by atoms with Gasteiger partial charge >= 0.3 is 11.9 Å². The Bertz CT molecular complexity index is 2280. The van der Waals surface area contributed by atoms with Gasteiger partial charge in [0.05, 0.1) is 122 Å². The van der Waals surface area contributed by atoms with Gasteiger partial charge in [0.1, 0.15) is 12.2 Å². The van der Waals surface area contributed by atoms with Crippen molar-refractivity contribution in [2.24, 2.45) is 41.4 Å². The summed E-state index contributed by atoms with van der Waals surface area (Å²) in [7, 11) is 6.55. The normalized spacial score (nSPS) is 41.0. The third-order valence-corrected chi connectivity index (χ3v) is 21.3. The largest absolute Gasteiger partial charge is 0.458 e. The summed E-state index contributed by atoms with van der Waals surface area (Å²) in [5.41, 5.74) is 0.472. The van der Waals surface area contributed by atoms with Gasteiger partial charge < -0.3 is 88.2 Å². The first-order chi connectivity index (χ1) is 44.0. The van der Waals surface area contributed by atoms with E-state index in [1.807, 2.05) is 72.8 Å². The van der Waals surface area contributed by atoms with E-state index in [9.17, 15) is 50.4 Å². The molecular formula is C73H126O20. The maximum Gasteiger partial charge on any atom is 0.333 e. The number of hydrogen-bond donors (Lipinski definition) is 8. The quantitative estimate of drug-likeness (QED) is 0.0529. The summed E-state index contributed by atoms with van der Waals surface area (Å²) in [6.45, 7) is 20.2. The Morgan fingerprint density at radius 1 is 0.462 bits per heavy atom. The molecule has 2 saturated heterocycles. The molecule has 0 aromatic rings. The molecule has 20 heteroatoms. The lowest BCUT2D eigenvalue weighted by Gasteiger charge is -2.38. The summed E-state index contributed by atoms with van der Waals surface area (Å²) < 4.78 is 61.3. The summed E-state index contributed by atoms with van der Waals surface area (Å²) in [5, 5.41) is 94.3. The molecule has 0 aliphatic carbocycles. The number of cyclic esters (lactones) is 2. The number of esters is 2. The first-order valence-corrected chi connectivity index (χ1v) is 35.3. The summed E-state index contributed by atoms with van der Waals surface area (Å²) >= 11 is 0. The highest BCUT2D eigenvalue weighted by atomic mass is 16.6. The first-order valence-electron chi connectivity index (χ1n) is 35.3. The zero-order chi connectivity index (χ0) is 68.8. The highest BCUT2D eigenvalue weighted by Gasteiger charge is 2.42. The molecule has 5 rings (SSSR count). The van der Waals surface area contributed by atoms with Crippen molar-refractivity contribution in [3.8, 4) is 0 Å². The molecule has 0 aromatic carbocycles. The van der Waals surface area contributed by atoms with Crippen LogP contribution < -0.4 is 0 Å². The Morgan fingerprint density at radius 2 is 0.860 bits per heavy atom. The van der Waals surface area contributed by atoms with Gasteiger partial charge in [-0.3, -0.25) is 0 Å². The number of carbonyl (C=O) groups is 2. The summed E-state index contributed by atoms with van der Waals surface area (Å²) in [6.07, 6.45) is 6.84. The number of fused-ring (bicyclic) bond motifs is 4. The van der Waals surface area contributed by atoms with Crippen LogP contribution in [0.1, 0.15) is 198 Å². The van der Waals surface area contributed by atoms with Crippen LogP contribution in [-0.4, -0.2) is 216 Å². The molecule has 0 spiro atoms. The zero-order valence-electron chi connectivity index (χ0n) is 59.1. The second-order valence-electron chi connectivity index (χ2n) is 29.0. The number of rotatable bonds is 16. The van der Waals surface area contributed by atoms with Crippen LogP contribution in [-0.2, 0) is 57.0 Å². The SMILES string of the molecule is COC1CC(C)OC(CCC(C)C(O)C(C)C2OC(=O)/C(C)=C/CC(O)CC3C=CCC(CC(OC)C(C)C(O)CC(O)C(C)C(C(C)C(O)C(C)CCC4CC(OC)CC(C)O4)OC(=O)/C(C)=C/CC(O)CC4C=CCC(CC(OC)CC(O)CC(O)C2C)O4)O3)C1. The summed E-state index contributed by atoms with van der Waals surface area (Å²) in [5.74, 6) is -5.09. The van der Waals surface area contributed by atoms with E-state index in [0.29, 0.717) is 51.4 Å². The lowest BCUT2D eigenvalue weighted by atomic mass is 9.78. The van der Waals surface area contributed by atoms with Crippen LogP contribution in [0.25, 0.3) is 0 Å². The lowest BCUT2D eigenvalue weighted by molar-refractivity contribution is -0.159. The second-order valence-corrected chi connectivity index (χ2v) is 29.0. The van der Waals surface area contributed by atoms with Crippen LogP contribution in [0.4, 0.5) is 0 Å². The molecule has 93 heavy (non-hydrogen) atoms. The second kappa shape index (κ2) is 40.4. The van der Waals surface area contributed by atoms with Crippen LogP contribution >= 0.6 is 0 Å². The van der Waals surface area contributed by atoms with Gasteiger partial charge in [0.25, 0.3) is 0 Å². The third kappa shape index (κ3) is 26.1. The Balaban J connectivity index is 1.36. The fourth-order valence-corrected chi connectivity index (χ4v) is 14.8. The van der Waals surface area contributed by atoms with E-state index in [1.54, 1.807) is 68.3 Å². The van der Waals surface area contributed by atoms with E-state index in [0.717, 1.165) is 25.7 Å². The van der Waals surface area contributed by atoms with E-state index >= 15 is 0 Å². The molecule has 29 atom stereocenters. The molecule has 5 aliphatic heterocycles. The predicted molar refractivity (Wildman–Crippen MR) is 355 cm³/mol. The Hall–Kier alpha value is -2.74. The molecule has 20 nitrogen and oxygen atoms in total. The Kier molecular flexibility index (Phi) is 35.1. The van der Waals surface area contributed by atoms with Gasteiger partial charge in [0.2, 0.25) is 0 Å². The highest BCUT2D eigenvalue weighted by molar-refractivity contribution is 5.88. The van der Waals surface area contributed by atoms with Crippen molar-refractivity contribution in [2.75, 3.05) is 28.4 Å². The molecule has 538 valence electrons. The van der Waals surface area contributed by atoms with E-state index < -0.39 is 127 Å². The molecule has 0 aromatic heterocycles. The number of aliphatic hydroxyl groups excluding tert-OH is 8. The van der Waals surface area contributed by atoms with Gasteiger partial charge in [-0.2, -0.15) is 0 Å². The Labute approximate surface area is 557 Å². The highest BCUT2D eigenvalue weighted by Crippen LogP contribution is 2.36. The van der Waals surface area contributed by atoms with Crippen molar-refractivity contribution < 1.29 is 97.8 Å². The van der Waals surface area contributed by atoms with Gasteiger partial charge in [-0.25, -0.2) is 9.59 Å². The average Bonchev–Trinajstić information content (AvgIpc) is 0.940. The minimum absolute atomic E-state index is 0.0333. The maximum absolute atomic E-state index is 14.2. The van der Waals surface area contributed by atoms with E-state index in [4.69, 9.17) is 47.4 Å². The summed E-state index contributed by atoms with van der Waals surface area (Å²) in [6, 6.07) is 0.